The van der Waals surface area contributed by atoms with E-state index in [1.54, 1.807) is 11.8 Å². The largest absolute Gasteiger partial charge is 0.489 e. The van der Waals surface area contributed by atoms with Crippen molar-refractivity contribution < 1.29 is 19.4 Å². The van der Waals surface area contributed by atoms with Crippen LogP contribution in [-0.4, -0.2) is 21.8 Å². The van der Waals surface area contributed by atoms with E-state index < -0.39 is 5.97 Å². The lowest BCUT2D eigenvalue weighted by Gasteiger charge is -2.19. The van der Waals surface area contributed by atoms with Gasteiger partial charge in [0, 0.05) is 16.7 Å². The van der Waals surface area contributed by atoms with Crippen molar-refractivity contribution in [3.05, 3.63) is 101 Å². The number of rotatable bonds is 7. The second-order valence-corrected chi connectivity index (χ2v) is 9.08. The fraction of sp³-hybridized carbons (Fsp3) is 0.185. The molecule has 0 saturated heterocycles. The smallest absolute Gasteiger partial charge is 0.304 e. The minimum atomic E-state index is -0.791. The van der Waals surface area contributed by atoms with Crippen LogP contribution >= 0.6 is 11.8 Å². The number of thioether (sulfide) groups is 1. The molecule has 1 aliphatic heterocycles. The number of hydrogen-bond donors (Lipinski definition) is 1. The van der Waals surface area contributed by atoms with E-state index in [4.69, 9.17) is 14.6 Å². The third-order valence-electron chi connectivity index (χ3n) is 5.63. The lowest BCUT2D eigenvalue weighted by Crippen LogP contribution is -2.03. The number of aliphatic carboxylic acids is 1. The van der Waals surface area contributed by atoms with Crippen LogP contribution in [0, 0.1) is 0 Å². The summed E-state index contributed by atoms with van der Waals surface area (Å²) in [6.07, 6.45) is 0.114. The van der Waals surface area contributed by atoms with Gasteiger partial charge < -0.3 is 14.6 Å². The van der Waals surface area contributed by atoms with Gasteiger partial charge in [-0.2, -0.15) is 0 Å². The molecule has 0 bridgehead atoms. The van der Waals surface area contributed by atoms with Gasteiger partial charge in [0.15, 0.2) is 0 Å². The second-order valence-electron chi connectivity index (χ2n) is 7.87. The van der Waals surface area contributed by atoms with Crippen molar-refractivity contribution in [2.75, 3.05) is 5.75 Å². The highest BCUT2D eigenvalue weighted by molar-refractivity contribution is 7.99. The maximum Gasteiger partial charge on any atom is 0.304 e. The summed E-state index contributed by atoms with van der Waals surface area (Å²) in [6, 6.07) is 26.1. The van der Waals surface area contributed by atoms with Gasteiger partial charge in [0.2, 0.25) is 0 Å². The number of carboxylic acids is 1. The first-order chi connectivity index (χ1) is 16.2. The van der Waals surface area contributed by atoms with Crippen LogP contribution in [0.4, 0.5) is 0 Å². The zero-order chi connectivity index (χ0) is 22.6. The number of carbonyl (C=O) groups is 1. The summed E-state index contributed by atoms with van der Waals surface area (Å²) in [6.45, 7) is 0.846. The van der Waals surface area contributed by atoms with Crippen LogP contribution in [0.1, 0.15) is 34.1 Å². The van der Waals surface area contributed by atoms with E-state index in [0.717, 1.165) is 44.8 Å². The molecule has 0 saturated carbocycles. The summed E-state index contributed by atoms with van der Waals surface area (Å²) in [5, 5.41) is 10.2. The van der Waals surface area contributed by atoms with E-state index in [1.807, 2.05) is 60.7 Å². The number of nitrogens with zero attached hydrogens (tertiary/aromatic N) is 1. The quantitative estimate of drug-likeness (QED) is 0.367. The number of hydrogen-bond acceptors (Lipinski definition) is 5. The van der Waals surface area contributed by atoms with Crippen molar-refractivity contribution in [2.24, 2.45) is 0 Å². The molecule has 0 radical (unpaired) electrons. The molecule has 5 rings (SSSR count). The Morgan fingerprint density at radius 2 is 1.88 bits per heavy atom. The van der Waals surface area contributed by atoms with Crippen LogP contribution in [0.25, 0.3) is 10.9 Å². The third kappa shape index (κ3) is 4.81. The second kappa shape index (κ2) is 9.55. The molecular formula is C27H23NO4S. The highest BCUT2D eigenvalue weighted by Gasteiger charge is 2.26. The van der Waals surface area contributed by atoms with Gasteiger partial charge in [-0.1, -0.05) is 48.5 Å². The number of ether oxygens (including phenoxy) is 2. The number of carboxylic acid groups (broad SMARTS) is 1. The molecule has 1 unspecified atom stereocenters. The van der Waals surface area contributed by atoms with Crippen molar-refractivity contribution >= 4 is 28.6 Å². The lowest BCUT2D eigenvalue weighted by atomic mass is 10.00. The Balaban J connectivity index is 1.41. The summed E-state index contributed by atoms with van der Waals surface area (Å²) >= 11 is 1.62. The third-order valence-corrected chi connectivity index (χ3v) is 6.91. The standard InChI is InChI=1S/C27H23NO4S/c29-26(30)13-14-33-27-22-7-3-1-6-19(22)16-32-25-12-11-21(15-23(25)27)31-17-20-10-9-18-5-2-4-8-24(18)28-20/h1-12,15,27H,13-14,16-17H2,(H,29,30). The van der Waals surface area contributed by atoms with Crippen molar-refractivity contribution in [1.29, 1.82) is 0 Å². The summed E-state index contributed by atoms with van der Waals surface area (Å²) < 4.78 is 12.2. The molecule has 0 aliphatic carbocycles. The van der Waals surface area contributed by atoms with Gasteiger partial charge in [-0.05, 0) is 41.5 Å². The van der Waals surface area contributed by atoms with Crippen LogP contribution in [0.3, 0.4) is 0 Å². The molecule has 5 nitrogen and oxygen atoms in total. The molecule has 166 valence electrons. The first-order valence-corrected chi connectivity index (χ1v) is 11.9. The Morgan fingerprint density at radius 3 is 2.79 bits per heavy atom. The summed E-state index contributed by atoms with van der Waals surface area (Å²) in [7, 11) is 0. The van der Waals surface area contributed by atoms with Crippen LogP contribution in [-0.2, 0) is 18.0 Å². The molecule has 3 aromatic carbocycles. The van der Waals surface area contributed by atoms with Crippen LogP contribution in [0.2, 0.25) is 0 Å². The number of aromatic nitrogens is 1. The normalized spacial score (nSPS) is 14.6. The predicted molar refractivity (Wildman–Crippen MR) is 130 cm³/mol. The van der Waals surface area contributed by atoms with Crippen molar-refractivity contribution in [3.8, 4) is 11.5 Å². The van der Waals surface area contributed by atoms with Gasteiger partial charge in [0.25, 0.3) is 0 Å². The molecule has 0 spiro atoms. The van der Waals surface area contributed by atoms with Gasteiger partial charge in [-0.15, -0.1) is 11.8 Å². The van der Waals surface area contributed by atoms with E-state index in [0.29, 0.717) is 19.0 Å². The van der Waals surface area contributed by atoms with Crippen LogP contribution in [0.5, 0.6) is 11.5 Å². The van der Waals surface area contributed by atoms with Gasteiger partial charge in [-0.3, -0.25) is 4.79 Å². The monoisotopic (exact) mass is 457 g/mol. The predicted octanol–water partition coefficient (Wildman–Crippen LogP) is 6.00. The lowest BCUT2D eigenvalue weighted by molar-refractivity contribution is -0.136. The molecule has 0 fully saturated rings. The van der Waals surface area contributed by atoms with Gasteiger partial charge in [0.1, 0.15) is 24.7 Å². The Morgan fingerprint density at radius 1 is 1.03 bits per heavy atom. The number of benzene rings is 3. The van der Waals surface area contributed by atoms with E-state index >= 15 is 0 Å². The fourth-order valence-electron chi connectivity index (χ4n) is 3.99. The SMILES string of the molecule is O=C(O)CCSC1c2ccccc2COc2ccc(OCc3ccc4ccccc4n3)cc21. The van der Waals surface area contributed by atoms with E-state index in [2.05, 4.69) is 23.2 Å². The first-order valence-electron chi connectivity index (χ1n) is 10.8. The topological polar surface area (TPSA) is 68.7 Å². The maximum atomic E-state index is 11.1. The molecule has 33 heavy (non-hydrogen) atoms. The average Bonchev–Trinajstić information content (AvgIpc) is 2.99. The van der Waals surface area contributed by atoms with Crippen LogP contribution < -0.4 is 9.47 Å². The van der Waals surface area contributed by atoms with Gasteiger partial charge in [-0.25, -0.2) is 4.98 Å². The van der Waals surface area contributed by atoms with Gasteiger partial charge >= 0.3 is 5.97 Å². The molecule has 1 aliphatic rings. The molecule has 1 N–H and O–H groups in total. The summed E-state index contributed by atoms with van der Waals surface area (Å²) in [5.74, 6) is 1.26. The van der Waals surface area contributed by atoms with Gasteiger partial charge in [0.05, 0.1) is 22.9 Å². The zero-order valence-corrected chi connectivity index (χ0v) is 18.8. The Bertz CT molecular complexity index is 1310. The fourth-order valence-corrected chi connectivity index (χ4v) is 5.29. The Labute approximate surface area is 196 Å². The molecule has 1 aromatic heterocycles. The molecule has 6 heteroatoms. The molecule has 4 aromatic rings. The van der Waals surface area contributed by atoms with Crippen molar-refractivity contribution in [1.82, 2.24) is 4.98 Å². The molecular weight excluding hydrogens is 434 g/mol. The first kappa shape index (κ1) is 21.3. The number of pyridine rings is 1. The average molecular weight is 458 g/mol. The van der Waals surface area contributed by atoms with Crippen molar-refractivity contribution in [3.63, 3.8) is 0 Å². The number of para-hydroxylation sites is 1. The zero-order valence-electron chi connectivity index (χ0n) is 17.9. The summed E-state index contributed by atoms with van der Waals surface area (Å²) in [4.78, 5) is 15.8. The van der Waals surface area contributed by atoms with Crippen LogP contribution in [0.15, 0.2) is 78.9 Å². The number of fused-ring (bicyclic) bond motifs is 3. The van der Waals surface area contributed by atoms with E-state index in [1.165, 1.54) is 0 Å². The minimum Gasteiger partial charge on any atom is -0.489 e. The maximum absolute atomic E-state index is 11.1. The highest BCUT2D eigenvalue weighted by Crippen LogP contribution is 2.45. The minimum absolute atomic E-state index is 0.0274. The Hall–Kier alpha value is -3.51. The summed E-state index contributed by atoms with van der Waals surface area (Å²) in [5.41, 5.74) is 5.07. The highest BCUT2D eigenvalue weighted by atomic mass is 32.2. The Kier molecular flexibility index (Phi) is 6.17. The molecule has 0 amide bonds. The van der Waals surface area contributed by atoms with Crippen molar-refractivity contribution in [2.45, 2.75) is 24.9 Å². The van der Waals surface area contributed by atoms with E-state index in [9.17, 15) is 4.79 Å². The van der Waals surface area contributed by atoms with E-state index in [-0.39, 0.29) is 11.7 Å². The molecule has 1 atom stereocenters. The molecule has 2 heterocycles.